The van der Waals surface area contributed by atoms with Crippen LogP contribution >= 0.6 is 15.9 Å². The normalized spacial score (nSPS) is 11.5. The first kappa shape index (κ1) is 13.5. The van der Waals surface area contributed by atoms with Crippen molar-refractivity contribution < 1.29 is 9.47 Å². The maximum Gasteiger partial charge on any atom is 0.119 e. The highest BCUT2D eigenvalue weighted by molar-refractivity contribution is 9.10. The third-order valence-corrected chi connectivity index (χ3v) is 2.43. The Bertz CT molecular complexity index is 301. The zero-order chi connectivity index (χ0) is 12.0. The van der Waals surface area contributed by atoms with Crippen molar-refractivity contribution in [1.82, 2.24) is 0 Å². The van der Waals surface area contributed by atoms with Crippen LogP contribution < -0.4 is 4.74 Å². The first-order valence-corrected chi connectivity index (χ1v) is 6.29. The van der Waals surface area contributed by atoms with Crippen molar-refractivity contribution in [3.8, 4) is 5.75 Å². The number of rotatable bonds is 5. The molecule has 0 spiro atoms. The lowest BCUT2D eigenvalue weighted by Crippen LogP contribution is -2.20. The van der Waals surface area contributed by atoms with Gasteiger partial charge in [0, 0.05) is 10.9 Å². The summed E-state index contributed by atoms with van der Waals surface area (Å²) in [5, 5.41) is 0. The highest BCUT2D eigenvalue weighted by Gasteiger charge is 2.08. The Morgan fingerprint density at radius 2 is 1.69 bits per heavy atom. The van der Waals surface area contributed by atoms with Crippen LogP contribution in [-0.2, 0) is 4.74 Å². The van der Waals surface area contributed by atoms with Crippen molar-refractivity contribution in [2.24, 2.45) is 0 Å². The number of hydrogen-bond acceptors (Lipinski definition) is 2. The molecular weight excluding hydrogens is 268 g/mol. The van der Waals surface area contributed by atoms with E-state index < -0.39 is 0 Å². The van der Waals surface area contributed by atoms with E-state index in [0.717, 1.165) is 23.2 Å². The molecule has 0 N–H and O–H groups in total. The van der Waals surface area contributed by atoms with Gasteiger partial charge >= 0.3 is 0 Å². The second-order valence-corrected chi connectivity index (χ2v) is 5.53. The van der Waals surface area contributed by atoms with E-state index >= 15 is 0 Å². The van der Waals surface area contributed by atoms with Crippen molar-refractivity contribution >= 4 is 15.9 Å². The first-order valence-electron chi connectivity index (χ1n) is 5.50. The Kier molecular flexibility index (Phi) is 5.29. The van der Waals surface area contributed by atoms with Gasteiger partial charge in [-0.15, -0.1) is 0 Å². The number of hydrogen-bond donors (Lipinski definition) is 0. The minimum absolute atomic E-state index is 0.0579. The van der Waals surface area contributed by atoms with Crippen LogP contribution in [-0.4, -0.2) is 18.8 Å². The molecule has 16 heavy (non-hydrogen) atoms. The van der Waals surface area contributed by atoms with Crippen LogP contribution in [0.4, 0.5) is 0 Å². The number of ether oxygens (including phenoxy) is 2. The van der Waals surface area contributed by atoms with E-state index in [2.05, 4.69) is 36.7 Å². The molecule has 0 saturated heterocycles. The molecule has 0 atom stereocenters. The van der Waals surface area contributed by atoms with E-state index in [4.69, 9.17) is 9.47 Å². The molecule has 0 aromatic heterocycles. The minimum Gasteiger partial charge on any atom is -0.494 e. The van der Waals surface area contributed by atoms with Gasteiger partial charge < -0.3 is 9.47 Å². The highest BCUT2D eigenvalue weighted by atomic mass is 79.9. The van der Waals surface area contributed by atoms with Crippen LogP contribution in [0, 0.1) is 0 Å². The molecule has 0 aliphatic carbocycles. The van der Waals surface area contributed by atoms with E-state index in [1.54, 1.807) is 0 Å². The van der Waals surface area contributed by atoms with Crippen LogP contribution in [0.25, 0.3) is 0 Å². The molecule has 0 saturated carbocycles. The fourth-order valence-electron chi connectivity index (χ4n) is 1.16. The largest absolute Gasteiger partial charge is 0.494 e. The summed E-state index contributed by atoms with van der Waals surface area (Å²) < 4.78 is 12.2. The van der Waals surface area contributed by atoms with Crippen LogP contribution in [0.2, 0.25) is 0 Å². The summed E-state index contributed by atoms with van der Waals surface area (Å²) in [6, 6.07) is 7.85. The van der Waals surface area contributed by atoms with E-state index in [0.29, 0.717) is 6.61 Å². The summed E-state index contributed by atoms with van der Waals surface area (Å²) >= 11 is 3.38. The molecule has 3 heteroatoms. The van der Waals surface area contributed by atoms with Crippen molar-refractivity contribution in [2.75, 3.05) is 13.2 Å². The number of benzene rings is 1. The predicted molar refractivity (Wildman–Crippen MR) is 70.0 cm³/mol. The highest BCUT2D eigenvalue weighted by Crippen LogP contribution is 2.16. The summed E-state index contributed by atoms with van der Waals surface area (Å²) in [7, 11) is 0. The summed E-state index contributed by atoms with van der Waals surface area (Å²) in [5.41, 5.74) is -0.0579. The third kappa shape index (κ3) is 6.13. The number of halogens is 1. The van der Waals surface area contributed by atoms with Crippen LogP contribution in [0.15, 0.2) is 28.7 Å². The Balaban J connectivity index is 2.14. The molecule has 1 aromatic rings. The summed E-state index contributed by atoms with van der Waals surface area (Å²) in [5.74, 6) is 0.902. The monoisotopic (exact) mass is 286 g/mol. The third-order valence-electron chi connectivity index (χ3n) is 1.91. The maximum absolute atomic E-state index is 5.60. The van der Waals surface area contributed by atoms with Gasteiger partial charge in [-0.3, -0.25) is 0 Å². The Morgan fingerprint density at radius 1 is 1.06 bits per heavy atom. The molecule has 0 aliphatic heterocycles. The summed E-state index contributed by atoms with van der Waals surface area (Å²) in [6.45, 7) is 7.60. The van der Waals surface area contributed by atoms with E-state index in [1.165, 1.54) is 0 Å². The molecule has 2 nitrogen and oxygen atoms in total. The Morgan fingerprint density at radius 3 is 2.25 bits per heavy atom. The van der Waals surface area contributed by atoms with Gasteiger partial charge in [-0.05, 0) is 45.0 Å². The van der Waals surface area contributed by atoms with Crippen molar-refractivity contribution in [3.05, 3.63) is 28.7 Å². The van der Waals surface area contributed by atoms with Crippen molar-refractivity contribution in [3.63, 3.8) is 0 Å². The van der Waals surface area contributed by atoms with Crippen LogP contribution in [0.3, 0.4) is 0 Å². The molecule has 0 amide bonds. The van der Waals surface area contributed by atoms with Gasteiger partial charge in [-0.2, -0.15) is 0 Å². The standard InChI is InChI=1S/C13H19BrO2/c1-13(2,3)16-10-4-9-15-12-7-5-11(14)6-8-12/h5-8H,4,9-10H2,1-3H3. The smallest absolute Gasteiger partial charge is 0.119 e. The molecule has 90 valence electrons. The van der Waals surface area contributed by atoms with Crippen LogP contribution in [0.5, 0.6) is 5.75 Å². The average molecular weight is 287 g/mol. The van der Waals surface area contributed by atoms with Gasteiger partial charge in [0.25, 0.3) is 0 Å². The lowest BCUT2D eigenvalue weighted by atomic mass is 10.2. The molecule has 0 heterocycles. The van der Waals surface area contributed by atoms with Gasteiger partial charge in [-0.1, -0.05) is 15.9 Å². The van der Waals surface area contributed by atoms with Crippen LogP contribution in [0.1, 0.15) is 27.2 Å². The summed E-state index contributed by atoms with van der Waals surface area (Å²) in [4.78, 5) is 0. The zero-order valence-corrected chi connectivity index (χ0v) is 11.7. The second kappa shape index (κ2) is 6.26. The minimum atomic E-state index is -0.0579. The van der Waals surface area contributed by atoms with E-state index in [1.807, 2.05) is 24.3 Å². The SMILES string of the molecule is CC(C)(C)OCCCOc1ccc(Br)cc1. The quantitative estimate of drug-likeness (QED) is 0.761. The Labute approximate surface area is 106 Å². The average Bonchev–Trinajstić information content (AvgIpc) is 2.19. The van der Waals surface area contributed by atoms with Gasteiger partial charge in [0.2, 0.25) is 0 Å². The lowest BCUT2D eigenvalue weighted by molar-refractivity contribution is -0.00768. The lowest BCUT2D eigenvalue weighted by Gasteiger charge is -2.19. The summed E-state index contributed by atoms with van der Waals surface area (Å²) in [6.07, 6.45) is 0.910. The molecule has 0 bridgehead atoms. The molecular formula is C13H19BrO2. The first-order chi connectivity index (χ1) is 7.47. The topological polar surface area (TPSA) is 18.5 Å². The van der Waals surface area contributed by atoms with Gasteiger partial charge in [0.15, 0.2) is 0 Å². The van der Waals surface area contributed by atoms with Gasteiger partial charge in [0.05, 0.1) is 18.8 Å². The molecule has 1 rings (SSSR count). The second-order valence-electron chi connectivity index (χ2n) is 4.62. The fourth-order valence-corrected chi connectivity index (χ4v) is 1.42. The molecule has 0 aliphatic rings. The zero-order valence-electron chi connectivity index (χ0n) is 10.1. The molecule has 0 radical (unpaired) electrons. The fraction of sp³-hybridized carbons (Fsp3) is 0.538. The van der Waals surface area contributed by atoms with E-state index in [-0.39, 0.29) is 5.60 Å². The van der Waals surface area contributed by atoms with Gasteiger partial charge in [-0.25, -0.2) is 0 Å². The van der Waals surface area contributed by atoms with Crippen molar-refractivity contribution in [1.29, 1.82) is 0 Å². The Hall–Kier alpha value is -0.540. The molecule has 1 aromatic carbocycles. The molecule has 0 unspecified atom stereocenters. The van der Waals surface area contributed by atoms with Gasteiger partial charge in [0.1, 0.15) is 5.75 Å². The van der Waals surface area contributed by atoms with Crippen molar-refractivity contribution in [2.45, 2.75) is 32.8 Å². The van der Waals surface area contributed by atoms with E-state index in [9.17, 15) is 0 Å². The predicted octanol–water partition coefficient (Wildman–Crippen LogP) is 4.03. The molecule has 0 fully saturated rings. The maximum atomic E-state index is 5.60.